The molecule has 0 spiro atoms. The molecule has 4 rings (SSSR count). The quantitative estimate of drug-likeness (QED) is 0.617. The largest absolute Gasteiger partial charge is 0.378 e. The molecule has 1 unspecified atom stereocenters. The van der Waals surface area contributed by atoms with Gasteiger partial charge >= 0.3 is 0 Å². The first kappa shape index (κ1) is 20.1. The number of rotatable bonds is 4. The first-order chi connectivity index (χ1) is 14.5. The normalized spacial score (nSPS) is 16.4. The fourth-order valence-corrected chi connectivity index (χ4v) is 3.95. The van der Waals surface area contributed by atoms with Crippen molar-refractivity contribution >= 4 is 11.6 Å². The zero-order chi connectivity index (χ0) is 21.1. The van der Waals surface area contributed by atoms with Crippen LogP contribution in [0.1, 0.15) is 34.8 Å². The van der Waals surface area contributed by atoms with Crippen molar-refractivity contribution in [2.24, 2.45) is 0 Å². The highest BCUT2D eigenvalue weighted by Crippen LogP contribution is 2.28. The van der Waals surface area contributed by atoms with E-state index < -0.39 is 0 Å². The second-order valence-corrected chi connectivity index (χ2v) is 7.99. The van der Waals surface area contributed by atoms with Crippen LogP contribution in [0.15, 0.2) is 66.7 Å². The van der Waals surface area contributed by atoms with Crippen LogP contribution in [-0.4, -0.2) is 43.0 Å². The molecule has 2 aromatic carbocycles. The molecule has 1 aliphatic rings. The Hall–Kier alpha value is -3.21. The summed E-state index contributed by atoms with van der Waals surface area (Å²) >= 11 is 0. The zero-order valence-electron chi connectivity index (χ0n) is 17.4. The average Bonchev–Trinajstić information content (AvgIpc) is 2.79. The van der Waals surface area contributed by atoms with E-state index in [1.807, 2.05) is 66.4 Å². The molecule has 4 nitrogen and oxygen atoms in total. The number of hydrogen-bond acceptors (Lipinski definition) is 3. The molecule has 1 atom stereocenters. The van der Waals surface area contributed by atoms with Gasteiger partial charge in [0.05, 0.1) is 5.69 Å². The lowest BCUT2D eigenvalue weighted by Crippen LogP contribution is -2.39. The van der Waals surface area contributed by atoms with E-state index in [1.54, 1.807) is 12.1 Å². The van der Waals surface area contributed by atoms with Gasteiger partial charge in [0.1, 0.15) is 5.82 Å². The lowest BCUT2D eigenvalue weighted by molar-refractivity contribution is 0.0706. The van der Waals surface area contributed by atoms with Crippen molar-refractivity contribution in [1.29, 1.82) is 0 Å². The number of piperidine rings is 1. The van der Waals surface area contributed by atoms with Gasteiger partial charge in [-0.15, -0.1) is 0 Å². The average molecular weight is 404 g/mol. The lowest BCUT2D eigenvalue weighted by atomic mass is 9.93. The fourth-order valence-electron chi connectivity index (χ4n) is 3.95. The molecule has 1 aromatic heterocycles. The minimum absolute atomic E-state index is 0.0692. The summed E-state index contributed by atoms with van der Waals surface area (Å²) < 4.78 is 13.2. The van der Waals surface area contributed by atoms with Crippen LogP contribution in [0.2, 0.25) is 0 Å². The third kappa shape index (κ3) is 4.35. The number of anilines is 1. The number of aromatic nitrogens is 1. The van der Waals surface area contributed by atoms with Gasteiger partial charge in [0.15, 0.2) is 0 Å². The molecule has 0 radical (unpaired) electrons. The highest BCUT2D eigenvalue weighted by molar-refractivity contribution is 5.94. The Bertz CT molecular complexity index is 1020. The molecular formula is C25H26FN3O. The molecule has 0 aliphatic carbocycles. The minimum Gasteiger partial charge on any atom is -0.378 e. The van der Waals surface area contributed by atoms with Crippen molar-refractivity contribution < 1.29 is 9.18 Å². The molecule has 0 bridgehead atoms. The number of pyridine rings is 1. The maximum Gasteiger partial charge on any atom is 0.253 e. The predicted octanol–water partition coefficient (Wildman–Crippen LogP) is 4.97. The molecule has 5 heteroatoms. The monoisotopic (exact) mass is 403 g/mol. The summed E-state index contributed by atoms with van der Waals surface area (Å²) in [6.07, 6.45) is 1.96. The number of amides is 1. The third-order valence-corrected chi connectivity index (χ3v) is 5.67. The number of carbonyl (C=O) groups is 1. The van der Waals surface area contributed by atoms with Gasteiger partial charge in [-0.2, -0.15) is 0 Å². The van der Waals surface area contributed by atoms with E-state index in [0.717, 1.165) is 42.0 Å². The molecule has 1 aliphatic heterocycles. The van der Waals surface area contributed by atoms with Crippen LogP contribution >= 0.6 is 0 Å². The topological polar surface area (TPSA) is 36.4 Å². The Balaban J connectivity index is 1.50. The highest BCUT2D eigenvalue weighted by Gasteiger charge is 2.26. The highest BCUT2D eigenvalue weighted by atomic mass is 19.1. The van der Waals surface area contributed by atoms with Crippen molar-refractivity contribution in [3.05, 3.63) is 83.8 Å². The number of nitrogens with zero attached hydrogens (tertiary/aromatic N) is 3. The maximum atomic E-state index is 13.2. The molecule has 3 aromatic rings. The van der Waals surface area contributed by atoms with Crippen LogP contribution in [0.25, 0.3) is 11.3 Å². The smallest absolute Gasteiger partial charge is 0.253 e. The van der Waals surface area contributed by atoms with Crippen LogP contribution in [0.3, 0.4) is 0 Å². The van der Waals surface area contributed by atoms with Crippen LogP contribution in [0.5, 0.6) is 0 Å². The first-order valence-corrected chi connectivity index (χ1v) is 10.3. The molecule has 154 valence electrons. The summed E-state index contributed by atoms with van der Waals surface area (Å²) in [5.41, 5.74) is 4.50. The summed E-state index contributed by atoms with van der Waals surface area (Å²) in [4.78, 5) is 21.8. The Labute approximate surface area is 177 Å². The van der Waals surface area contributed by atoms with Gasteiger partial charge in [0.25, 0.3) is 5.91 Å². The molecule has 0 saturated carbocycles. The summed E-state index contributed by atoms with van der Waals surface area (Å²) in [6.45, 7) is 1.43. The first-order valence-electron chi connectivity index (χ1n) is 10.3. The summed E-state index contributed by atoms with van der Waals surface area (Å²) in [6, 6.07) is 20.1. The molecular weight excluding hydrogens is 377 g/mol. The number of carbonyl (C=O) groups excluding carboxylic acids is 1. The Morgan fingerprint density at radius 3 is 2.47 bits per heavy atom. The van der Waals surface area contributed by atoms with Gasteiger partial charge in [0.2, 0.25) is 0 Å². The van der Waals surface area contributed by atoms with Crippen molar-refractivity contribution in [2.75, 3.05) is 32.1 Å². The number of hydrogen-bond donors (Lipinski definition) is 0. The number of likely N-dealkylation sites (tertiary alicyclic amines) is 1. The lowest BCUT2D eigenvalue weighted by Gasteiger charge is -2.33. The van der Waals surface area contributed by atoms with Gasteiger partial charge < -0.3 is 9.80 Å². The second-order valence-electron chi connectivity index (χ2n) is 7.99. The third-order valence-electron chi connectivity index (χ3n) is 5.67. The van der Waals surface area contributed by atoms with Crippen molar-refractivity contribution in [2.45, 2.75) is 18.8 Å². The number of halogens is 1. The zero-order valence-corrected chi connectivity index (χ0v) is 17.4. The van der Waals surface area contributed by atoms with Crippen LogP contribution < -0.4 is 4.90 Å². The molecule has 1 saturated heterocycles. The molecule has 1 fully saturated rings. The summed E-state index contributed by atoms with van der Waals surface area (Å²) in [7, 11) is 3.97. The van der Waals surface area contributed by atoms with E-state index in [2.05, 4.69) is 0 Å². The van der Waals surface area contributed by atoms with Gasteiger partial charge in [-0.3, -0.25) is 9.78 Å². The van der Waals surface area contributed by atoms with E-state index in [0.29, 0.717) is 12.1 Å². The van der Waals surface area contributed by atoms with Crippen molar-refractivity contribution in [3.63, 3.8) is 0 Å². The second kappa shape index (κ2) is 8.66. The standard InChI is InChI=1S/C25H26FN3O/c1-28(2)22-14-10-19(11-15-22)25(30)29-16-4-5-20(17-29)24-7-3-6-23(27-24)18-8-12-21(26)13-9-18/h3,6-15,20H,4-5,16-17H2,1-2H3. The van der Waals surface area contributed by atoms with E-state index >= 15 is 0 Å². The van der Waals surface area contributed by atoms with E-state index in [1.165, 1.54) is 12.1 Å². The Morgan fingerprint density at radius 2 is 1.77 bits per heavy atom. The van der Waals surface area contributed by atoms with Gasteiger partial charge in [0, 0.05) is 55.6 Å². The Kier molecular flexibility index (Phi) is 5.79. The van der Waals surface area contributed by atoms with Gasteiger partial charge in [-0.1, -0.05) is 6.07 Å². The SMILES string of the molecule is CN(C)c1ccc(C(=O)N2CCCC(c3cccc(-c4ccc(F)cc4)n3)C2)cc1. The van der Waals surface area contributed by atoms with Gasteiger partial charge in [-0.25, -0.2) is 4.39 Å². The van der Waals surface area contributed by atoms with Crippen LogP contribution in [0, 0.1) is 5.82 Å². The molecule has 1 amide bonds. The predicted molar refractivity (Wildman–Crippen MR) is 118 cm³/mol. The maximum absolute atomic E-state index is 13.2. The van der Waals surface area contributed by atoms with Gasteiger partial charge in [-0.05, 0) is 73.5 Å². The molecule has 2 heterocycles. The van der Waals surface area contributed by atoms with E-state index in [9.17, 15) is 9.18 Å². The number of benzene rings is 2. The van der Waals surface area contributed by atoms with Crippen LogP contribution in [-0.2, 0) is 0 Å². The Morgan fingerprint density at radius 1 is 1.03 bits per heavy atom. The van der Waals surface area contributed by atoms with E-state index in [4.69, 9.17) is 4.98 Å². The molecule has 0 N–H and O–H groups in total. The minimum atomic E-state index is -0.255. The fraction of sp³-hybridized carbons (Fsp3) is 0.280. The summed E-state index contributed by atoms with van der Waals surface area (Å²) in [5.74, 6) is 0.0128. The molecule has 30 heavy (non-hydrogen) atoms. The summed E-state index contributed by atoms with van der Waals surface area (Å²) in [5, 5.41) is 0. The van der Waals surface area contributed by atoms with Crippen molar-refractivity contribution in [1.82, 2.24) is 9.88 Å². The van der Waals surface area contributed by atoms with Crippen LogP contribution in [0.4, 0.5) is 10.1 Å². The van der Waals surface area contributed by atoms with Crippen molar-refractivity contribution in [3.8, 4) is 11.3 Å². The van der Waals surface area contributed by atoms with E-state index in [-0.39, 0.29) is 17.6 Å².